The van der Waals surface area contributed by atoms with Crippen LogP contribution in [0.15, 0.2) is 0 Å². The molecule has 1 saturated heterocycles. The molecule has 2 N–H and O–H groups in total. The van der Waals surface area contributed by atoms with Crippen LogP contribution >= 0.6 is 0 Å². The maximum atomic E-state index is 5.46. The third-order valence-corrected chi connectivity index (χ3v) is 1.44. The van der Waals surface area contributed by atoms with Crippen LogP contribution in [0, 0.1) is 6.92 Å². The SMILES string of the molecule is [CH2]C(N)C1CCCO1. The first-order valence-corrected chi connectivity index (χ1v) is 3.01. The van der Waals surface area contributed by atoms with Crippen molar-refractivity contribution in [1.29, 1.82) is 0 Å². The van der Waals surface area contributed by atoms with Gasteiger partial charge in [-0.1, -0.05) is 0 Å². The number of ether oxygens (including phenoxy) is 1. The van der Waals surface area contributed by atoms with Crippen LogP contribution < -0.4 is 5.73 Å². The van der Waals surface area contributed by atoms with Gasteiger partial charge in [0.25, 0.3) is 0 Å². The van der Waals surface area contributed by atoms with E-state index in [4.69, 9.17) is 10.5 Å². The Hall–Kier alpha value is -0.0800. The molecule has 2 unspecified atom stereocenters. The minimum Gasteiger partial charge on any atom is -0.377 e. The van der Waals surface area contributed by atoms with Crippen LogP contribution in [-0.4, -0.2) is 18.8 Å². The lowest BCUT2D eigenvalue weighted by Crippen LogP contribution is -2.30. The maximum absolute atomic E-state index is 5.46. The number of nitrogens with two attached hydrogens (primary N) is 1. The second kappa shape index (κ2) is 2.46. The van der Waals surface area contributed by atoms with Crippen LogP contribution in [0.1, 0.15) is 12.8 Å². The summed E-state index contributed by atoms with van der Waals surface area (Å²) in [6.07, 6.45) is 2.47. The van der Waals surface area contributed by atoms with Gasteiger partial charge in [0.15, 0.2) is 0 Å². The highest BCUT2D eigenvalue weighted by molar-refractivity contribution is 4.78. The van der Waals surface area contributed by atoms with Gasteiger partial charge in [-0.05, 0) is 19.8 Å². The Morgan fingerprint density at radius 1 is 1.75 bits per heavy atom. The Morgan fingerprint density at radius 3 is 2.75 bits per heavy atom. The molecule has 0 aliphatic carbocycles. The monoisotopic (exact) mass is 114 g/mol. The summed E-state index contributed by atoms with van der Waals surface area (Å²) in [6.45, 7) is 4.54. The molecule has 0 aromatic rings. The van der Waals surface area contributed by atoms with Gasteiger partial charge < -0.3 is 10.5 Å². The molecule has 1 rings (SSSR count). The molecule has 0 saturated carbocycles. The van der Waals surface area contributed by atoms with Crippen LogP contribution in [0.3, 0.4) is 0 Å². The van der Waals surface area contributed by atoms with Crippen LogP contribution in [0.5, 0.6) is 0 Å². The van der Waals surface area contributed by atoms with Gasteiger partial charge in [-0.25, -0.2) is 0 Å². The van der Waals surface area contributed by atoms with E-state index in [1.54, 1.807) is 0 Å². The smallest absolute Gasteiger partial charge is 0.0726 e. The fourth-order valence-corrected chi connectivity index (χ4v) is 0.940. The van der Waals surface area contributed by atoms with E-state index in [2.05, 4.69) is 6.92 Å². The lowest BCUT2D eigenvalue weighted by atomic mass is 10.1. The van der Waals surface area contributed by atoms with Gasteiger partial charge in [0.1, 0.15) is 0 Å². The minimum atomic E-state index is -0.0301. The second-order valence-corrected chi connectivity index (χ2v) is 2.22. The number of rotatable bonds is 1. The van der Waals surface area contributed by atoms with Crippen LogP contribution in [-0.2, 0) is 4.74 Å². The fraction of sp³-hybridized carbons (Fsp3) is 0.833. The standard InChI is InChI=1S/C6H12NO/c1-5(7)6-3-2-4-8-6/h5-6H,1-4,7H2. The van der Waals surface area contributed by atoms with E-state index >= 15 is 0 Å². The molecule has 1 aliphatic heterocycles. The van der Waals surface area contributed by atoms with Crippen molar-refractivity contribution in [2.75, 3.05) is 6.61 Å². The summed E-state index contributed by atoms with van der Waals surface area (Å²) in [5.41, 5.74) is 5.46. The van der Waals surface area contributed by atoms with E-state index in [1.165, 1.54) is 0 Å². The van der Waals surface area contributed by atoms with Crippen LogP contribution in [0.4, 0.5) is 0 Å². The van der Waals surface area contributed by atoms with Crippen LogP contribution in [0.2, 0.25) is 0 Å². The first-order chi connectivity index (χ1) is 3.80. The zero-order valence-corrected chi connectivity index (χ0v) is 4.97. The molecule has 2 atom stereocenters. The molecule has 0 bridgehead atoms. The third-order valence-electron chi connectivity index (χ3n) is 1.44. The molecule has 1 fully saturated rings. The lowest BCUT2D eigenvalue weighted by molar-refractivity contribution is 0.101. The van der Waals surface area contributed by atoms with Gasteiger partial charge in [0.2, 0.25) is 0 Å². The lowest BCUT2D eigenvalue weighted by Gasteiger charge is -2.11. The van der Waals surface area contributed by atoms with Crippen LogP contribution in [0.25, 0.3) is 0 Å². The Bertz CT molecular complexity index is 66.9. The fourth-order valence-electron chi connectivity index (χ4n) is 0.940. The predicted molar refractivity (Wildman–Crippen MR) is 32.3 cm³/mol. The summed E-state index contributed by atoms with van der Waals surface area (Å²) in [4.78, 5) is 0. The summed E-state index contributed by atoms with van der Waals surface area (Å²) < 4.78 is 5.23. The molecule has 1 heterocycles. The van der Waals surface area contributed by atoms with Gasteiger partial charge in [-0.3, -0.25) is 0 Å². The second-order valence-electron chi connectivity index (χ2n) is 2.22. The van der Waals surface area contributed by atoms with E-state index in [1.807, 2.05) is 0 Å². The molecule has 2 heteroatoms. The average molecular weight is 114 g/mol. The highest BCUT2D eigenvalue weighted by atomic mass is 16.5. The molecule has 1 aliphatic rings. The third kappa shape index (κ3) is 1.20. The minimum absolute atomic E-state index is 0.0301. The first-order valence-electron chi connectivity index (χ1n) is 3.01. The predicted octanol–water partition coefficient (Wildman–Crippen LogP) is 0.327. The summed E-state index contributed by atoms with van der Waals surface area (Å²) in [7, 11) is 0. The van der Waals surface area contributed by atoms with Crippen molar-refractivity contribution in [3.63, 3.8) is 0 Å². The topological polar surface area (TPSA) is 35.2 Å². The van der Waals surface area contributed by atoms with Crippen molar-refractivity contribution >= 4 is 0 Å². The molecule has 0 amide bonds. The quantitative estimate of drug-likeness (QED) is 0.533. The highest BCUT2D eigenvalue weighted by Gasteiger charge is 2.18. The van der Waals surface area contributed by atoms with Crippen molar-refractivity contribution in [1.82, 2.24) is 0 Å². The zero-order chi connectivity index (χ0) is 5.98. The van der Waals surface area contributed by atoms with Gasteiger partial charge in [-0.15, -0.1) is 0 Å². The van der Waals surface area contributed by atoms with Gasteiger partial charge in [0.05, 0.1) is 6.10 Å². The largest absolute Gasteiger partial charge is 0.377 e. The molecule has 8 heavy (non-hydrogen) atoms. The van der Waals surface area contributed by atoms with Crippen molar-refractivity contribution in [3.05, 3.63) is 6.92 Å². The first kappa shape index (κ1) is 6.05. The van der Waals surface area contributed by atoms with Crippen molar-refractivity contribution in [2.45, 2.75) is 25.0 Å². The summed E-state index contributed by atoms with van der Waals surface area (Å²) in [6, 6.07) is -0.0301. The van der Waals surface area contributed by atoms with E-state index in [-0.39, 0.29) is 12.1 Å². The maximum Gasteiger partial charge on any atom is 0.0726 e. The Morgan fingerprint density at radius 2 is 2.50 bits per heavy atom. The van der Waals surface area contributed by atoms with Crippen molar-refractivity contribution < 1.29 is 4.74 Å². The van der Waals surface area contributed by atoms with Crippen molar-refractivity contribution in [3.8, 4) is 0 Å². The molecule has 0 spiro atoms. The summed E-state index contributed by atoms with van der Waals surface area (Å²) in [5, 5.41) is 0. The molecular formula is C6H12NO. The molecule has 0 aromatic carbocycles. The number of hydrogen-bond donors (Lipinski definition) is 1. The Balaban J connectivity index is 2.24. The Labute approximate surface area is 50.0 Å². The summed E-state index contributed by atoms with van der Waals surface area (Å²) >= 11 is 0. The zero-order valence-electron chi connectivity index (χ0n) is 4.97. The summed E-state index contributed by atoms with van der Waals surface area (Å²) in [5.74, 6) is 0. The van der Waals surface area contributed by atoms with Gasteiger partial charge in [0, 0.05) is 12.6 Å². The van der Waals surface area contributed by atoms with E-state index < -0.39 is 0 Å². The highest BCUT2D eigenvalue weighted by Crippen LogP contribution is 2.13. The van der Waals surface area contributed by atoms with E-state index in [9.17, 15) is 0 Å². The van der Waals surface area contributed by atoms with E-state index in [0.29, 0.717) is 0 Å². The molecule has 47 valence electrons. The molecule has 2 nitrogen and oxygen atoms in total. The average Bonchev–Trinajstić information content (AvgIpc) is 2.12. The molecule has 1 radical (unpaired) electrons. The van der Waals surface area contributed by atoms with Gasteiger partial charge >= 0.3 is 0 Å². The number of hydrogen-bond acceptors (Lipinski definition) is 2. The molecular weight excluding hydrogens is 102 g/mol. The normalized spacial score (nSPS) is 33.0. The Kier molecular flexibility index (Phi) is 1.86. The molecule has 0 aromatic heterocycles. The van der Waals surface area contributed by atoms with E-state index in [0.717, 1.165) is 19.4 Å². The van der Waals surface area contributed by atoms with Gasteiger partial charge in [-0.2, -0.15) is 0 Å². The van der Waals surface area contributed by atoms with Crippen molar-refractivity contribution in [2.24, 2.45) is 5.73 Å².